The third-order valence-electron chi connectivity index (χ3n) is 1.90. The maximum Gasteiger partial charge on any atom is 0.226 e. The zero-order valence-corrected chi connectivity index (χ0v) is 9.21. The maximum absolute atomic E-state index is 11.6. The summed E-state index contributed by atoms with van der Waals surface area (Å²) in [4.78, 5) is 13.3. The highest BCUT2D eigenvalue weighted by atomic mass is 35.5. The van der Waals surface area contributed by atoms with Gasteiger partial charge in [0.2, 0.25) is 5.91 Å². The average Bonchev–Trinajstić information content (AvgIpc) is 2.11. The Bertz CT molecular complexity index is 162. The smallest absolute Gasteiger partial charge is 0.226 e. The Hall–Kier alpha value is -0.280. The van der Waals surface area contributed by atoms with Crippen LogP contribution in [0.2, 0.25) is 0 Å². The van der Waals surface area contributed by atoms with E-state index >= 15 is 0 Å². The first-order valence-corrected chi connectivity index (χ1v) is 5.05. The highest BCUT2D eigenvalue weighted by Crippen LogP contribution is 2.07. The Morgan fingerprint density at radius 3 is 2.31 bits per heavy atom. The number of carbonyl (C=O) groups excluding carboxylic acids is 1. The highest BCUT2D eigenvalue weighted by molar-refractivity contribution is 6.19. The molecule has 0 bridgehead atoms. The van der Waals surface area contributed by atoms with Crippen LogP contribution >= 0.6 is 11.6 Å². The number of hydrogen-bond donors (Lipinski definition) is 1. The molecule has 0 heterocycles. The van der Waals surface area contributed by atoms with Crippen molar-refractivity contribution in [2.75, 3.05) is 19.0 Å². The SMILES string of the molecule is CC(CCl)C(=O)N(CCO)C(C)C. The van der Waals surface area contributed by atoms with Crippen LogP contribution in [0.15, 0.2) is 0 Å². The summed E-state index contributed by atoms with van der Waals surface area (Å²) in [6.45, 7) is 6.03. The van der Waals surface area contributed by atoms with Gasteiger partial charge in [-0.25, -0.2) is 0 Å². The molecule has 0 aliphatic heterocycles. The molecule has 0 aromatic carbocycles. The fourth-order valence-corrected chi connectivity index (χ4v) is 1.21. The van der Waals surface area contributed by atoms with E-state index in [-0.39, 0.29) is 24.5 Å². The van der Waals surface area contributed by atoms with Gasteiger partial charge in [0.15, 0.2) is 0 Å². The van der Waals surface area contributed by atoms with Gasteiger partial charge in [-0.15, -0.1) is 11.6 Å². The normalized spacial score (nSPS) is 13.1. The molecule has 1 unspecified atom stereocenters. The summed E-state index contributed by atoms with van der Waals surface area (Å²) in [7, 11) is 0. The lowest BCUT2D eigenvalue weighted by Gasteiger charge is -2.28. The average molecular weight is 208 g/mol. The summed E-state index contributed by atoms with van der Waals surface area (Å²) in [6.07, 6.45) is 0. The second-order valence-electron chi connectivity index (χ2n) is 3.40. The molecule has 13 heavy (non-hydrogen) atoms. The molecule has 1 N–H and O–H groups in total. The van der Waals surface area contributed by atoms with E-state index in [1.807, 2.05) is 13.8 Å². The van der Waals surface area contributed by atoms with Crippen LogP contribution in [-0.4, -0.2) is 41.0 Å². The third kappa shape index (κ3) is 3.96. The molecular weight excluding hydrogens is 190 g/mol. The van der Waals surface area contributed by atoms with Crippen LogP contribution in [0.1, 0.15) is 20.8 Å². The number of alkyl halides is 1. The molecule has 0 aliphatic carbocycles. The van der Waals surface area contributed by atoms with Crippen molar-refractivity contribution >= 4 is 17.5 Å². The Morgan fingerprint density at radius 2 is 2.00 bits per heavy atom. The second kappa shape index (κ2) is 6.22. The minimum atomic E-state index is -0.171. The second-order valence-corrected chi connectivity index (χ2v) is 3.71. The quantitative estimate of drug-likeness (QED) is 0.686. The van der Waals surface area contributed by atoms with Crippen LogP contribution in [0.25, 0.3) is 0 Å². The molecule has 4 heteroatoms. The van der Waals surface area contributed by atoms with Gasteiger partial charge < -0.3 is 10.0 Å². The van der Waals surface area contributed by atoms with Crippen LogP contribution in [0, 0.1) is 5.92 Å². The van der Waals surface area contributed by atoms with Crippen molar-refractivity contribution < 1.29 is 9.90 Å². The van der Waals surface area contributed by atoms with E-state index in [1.165, 1.54) is 0 Å². The molecule has 1 amide bonds. The molecule has 3 nitrogen and oxygen atoms in total. The molecular formula is C9H18ClNO2. The molecule has 0 saturated heterocycles. The summed E-state index contributed by atoms with van der Waals surface area (Å²) < 4.78 is 0. The Kier molecular flexibility index (Phi) is 6.08. The van der Waals surface area contributed by atoms with Crippen molar-refractivity contribution in [3.8, 4) is 0 Å². The van der Waals surface area contributed by atoms with Crippen molar-refractivity contribution in [2.45, 2.75) is 26.8 Å². The molecule has 0 fully saturated rings. The topological polar surface area (TPSA) is 40.5 Å². The first kappa shape index (κ1) is 12.7. The van der Waals surface area contributed by atoms with Crippen LogP contribution in [0.4, 0.5) is 0 Å². The van der Waals surface area contributed by atoms with Crippen molar-refractivity contribution in [2.24, 2.45) is 5.92 Å². The van der Waals surface area contributed by atoms with Crippen LogP contribution in [0.3, 0.4) is 0 Å². The molecule has 1 atom stereocenters. The zero-order chi connectivity index (χ0) is 10.4. The summed E-state index contributed by atoms with van der Waals surface area (Å²) in [5.74, 6) is 0.169. The molecule has 0 spiro atoms. The van der Waals surface area contributed by atoms with Crippen LogP contribution in [-0.2, 0) is 4.79 Å². The molecule has 0 aliphatic rings. The molecule has 0 saturated carbocycles. The number of rotatable bonds is 5. The Morgan fingerprint density at radius 1 is 1.46 bits per heavy atom. The number of aliphatic hydroxyl groups is 1. The lowest BCUT2D eigenvalue weighted by Crippen LogP contribution is -2.42. The molecule has 78 valence electrons. The first-order chi connectivity index (χ1) is 6.04. The number of halogens is 1. The largest absolute Gasteiger partial charge is 0.395 e. The van der Waals surface area contributed by atoms with E-state index in [4.69, 9.17) is 16.7 Å². The van der Waals surface area contributed by atoms with E-state index in [0.29, 0.717) is 12.4 Å². The Balaban J connectivity index is 4.27. The number of amides is 1. The standard InChI is InChI=1S/C9H18ClNO2/c1-7(2)11(4-5-12)9(13)8(3)6-10/h7-8,12H,4-6H2,1-3H3. The van der Waals surface area contributed by atoms with Gasteiger partial charge in [-0.2, -0.15) is 0 Å². The van der Waals surface area contributed by atoms with Crippen molar-refractivity contribution in [3.63, 3.8) is 0 Å². The predicted octanol–water partition coefficient (Wildman–Crippen LogP) is 1.09. The number of aliphatic hydroxyl groups excluding tert-OH is 1. The van der Waals surface area contributed by atoms with E-state index < -0.39 is 0 Å². The van der Waals surface area contributed by atoms with Gasteiger partial charge in [-0.05, 0) is 13.8 Å². The van der Waals surface area contributed by atoms with Crippen molar-refractivity contribution in [1.82, 2.24) is 4.90 Å². The lowest BCUT2D eigenvalue weighted by atomic mass is 10.1. The lowest BCUT2D eigenvalue weighted by molar-refractivity contribution is -0.136. The van der Waals surface area contributed by atoms with Gasteiger partial charge in [0.1, 0.15) is 0 Å². The van der Waals surface area contributed by atoms with Crippen molar-refractivity contribution in [3.05, 3.63) is 0 Å². The summed E-state index contributed by atoms with van der Waals surface area (Å²) in [6, 6.07) is 0.116. The maximum atomic E-state index is 11.6. The van der Waals surface area contributed by atoms with Crippen LogP contribution < -0.4 is 0 Å². The third-order valence-corrected chi connectivity index (χ3v) is 2.36. The first-order valence-electron chi connectivity index (χ1n) is 4.51. The predicted molar refractivity (Wildman–Crippen MR) is 53.8 cm³/mol. The zero-order valence-electron chi connectivity index (χ0n) is 8.46. The van der Waals surface area contributed by atoms with Gasteiger partial charge in [-0.1, -0.05) is 6.92 Å². The number of carbonyl (C=O) groups is 1. The van der Waals surface area contributed by atoms with Gasteiger partial charge in [0.25, 0.3) is 0 Å². The highest BCUT2D eigenvalue weighted by Gasteiger charge is 2.21. The summed E-state index contributed by atoms with van der Waals surface area (Å²) in [5, 5.41) is 8.76. The number of hydrogen-bond acceptors (Lipinski definition) is 2. The Labute approximate surface area is 84.7 Å². The van der Waals surface area contributed by atoms with E-state index in [9.17, 15) is 4.79 Å². The fraction of sp³-hybridized carbons (Fsp3) is 0.889. The van der Waals surface area contributed by atoms with Crippen molar-refractivity contribution in [1.29, 1.82) is 0 Å². The van der Waals surface area contributed by atoms with Gasteiger partial charge >= 0.3 is 0 Å². The van der Waals surface area contributed by atoms with Gasteiger partial charge in [0, 0.05) is 24.4 Å². The molecule has 0 radical (unpaired) electrons. The van der Waals surface area contributed by atoms with E-state index in [0.717, 1.165) is 0 Å². The van der Waals surface area contributed by atoms with E-state index in [2.05, 4.69) is 0 Å². The minimum Gasteiger partial charge on any atom is -0.395 e. The fourth-order valence-electron chi connectivity index (χ4n) is 1.08. The van der Waals surface area contributed by atoms with Gasteiger partial charge in [0.05, 0.1) is 6.61 Å². The molecule has 0 aromatic heterocycles. The monoisotopic (exact) mass is 207 g/mol. The summed E-state index contributed by atoms with van der Waals surface area (Å²) in [5.41, 5.74) is 0. The van der Waals surface area contributed by atoms with Crippen LogP contribution in [0.5, 0.6) is 0 Å². The molecule has 0 rings (SSSR count). The van der Waals surface area contributed by atoms with Gasteiger partial charge in [-0.3, -0.25) is 4.79 Å². The molecule has 0 aromatic rings. The number of nitrogens with zero attached hydrogens (tertiary/aromatic N) is 1. The summed E-state index contributed by atoms with van der Waals surface area (Å²) >= 11 is 5.59. The minimum absolute atomic E-state index is 0.00107. The van der Waals surface area contributed by atoms with E-state index in [1.54, 1.807) is 11.8 Å².